The van der Waals surface area contributed by atoms with Gasteiger partial charge in [0.25, 0.3) is 0 Å². The number of aromatic nitrogens is 1. The molecule has 3 nitrogen and oxygen atoms in total. The summed E-state index contributed by atoms with van der Waals surface area (Å²) in [7, 11) is 0. The van der Waals surface area contributed by atoms with Gasteiger partial charge in [0, 0.05) is 11.6 Å². The summed E-state index contributed by atoms with van der Waals surface area (Å²) in [5.41, 5.74) is 1.10. The number of hydrogen-bond acceptors (Lipinski definition) is 1. The number of carbonyl (C=O) groups is 1. The van der Waals surface area contributed by atoms with Gasteiger partial charge in [-0.25, -0.2) is 9.18 Å². The molecule has 0 saturated heterocycles. The Balaban J connectivity index is 2.20. The summed E-state index contributed by atoms with van der Waals surface area (Å²) in [4.78, 5) is 11.2. The number of carboxylic acids is 1. The average molecular weight is 280 g/mol. The first kappa shape index (κ1) is 12.2. The summed E-state index contributed by atoms with van der Waals surface area (Å²) in [6.07, 6.45) is 1.84. The molecular weight excluding hydrogens is 269 g/mol. The van der Waals surface area contributed by atoms with Gasteiger partial charge in [0.05, 0.1) is 10.7 Å². The minimum atomic E-state index is -0.999. The molecule has 5 heteroatoms. The minimum absolute atomic E-state index is 0.0397. The van der Waals surface area contributed by atoms with E-state index in [4.69, 9.17) is 11.6 Å². The molecule has 0 aliphatic heterocycles. The lowest BCUT2D eigenvalue weighted by Crippen LogP contribution is -2.08. The third-order valence-electron chi connectivity index (χ3n) is 3.28. The van der Waals surface area contributed by atoms with Crippen LogP contribution in [0.25, 0.3) is 11.3 Å². The van der Waals surface area contributed by atoms with Crippen molar-refractivity contribution < 1.29 is 14.3 Å². The van der Waals surface area contributed by atoms with Crippen molar-refractivity contribution in [3.8, 4) is 11.3 Å². The predicted octanol–water partition coefficient (Wildman–Crippen LogP) is 3.98. The summed E-state index contributed by atoms with van der Waals surface area (Å²) < 4.78 is 15.8. The third-order valence-corrected chi connectivity index (χ3v) is 3.57. The Kier molecular flexibility index (Phi) is 2.82. The van der Waals surface area contributed by atoms with Gasteiger partial charge in [-0.3, -0.25) is 0 Å². The summed E-state index contributed by atoms with van der Waals surface area (Å²) in [6.45, 7) is 0. The van der Waals surface area contributed by atoms with Crippen molar-refractivity contribution in [3.05, 3.63) is 46.9 Å². The number of carboxylic acid groups (broad SMARTS) is 1. The van der Waals surface area contributed by atoms with Gasteiger partial charge >= 0.3 is 5.97 Å². The zero-order valence-corrected chi connectivity index (χ0v) is 10.7. The van der Waals surface area contributed by atoms with Crippen LogP contribution < -0.4 is 0 Å². The molecule has 0 atom stereocenters. The van der Waals surface area contributed by atoms with Crippen LogP contribution in [-0.4, -0.2) is 15.6 Å². The van der Waals surface area contributed by atoms with E-state index in [1.807, 2.05) is 0 Å². The van der Waals surface area contributed by atoms with Crippen LogP contribution in [0, 0.1) is 5.82 Å². The molecule has 2 aromatic rings. The molecule has 0 spiro atoms. The van der Waals surface area contributed by atoms with E-state index in [1.54, 1.807) is 22.8 Å². The molecule has 1 fully saturated rings. The Labute approximate surface area is 114 Å². The van der Waals surface area contributed by atoms with Crippen LogP contribution in [0.1, 0.15) is 29.4 Å². The van der Waals surface area contributed by atoms with Gasteiger partial charge in [-0.2, -0.15) is 0 Å². The molecule has 1 saturated carbocycles. The van der Waals surface area contributed by atoms with Gasteiger partial charge in [-0.15, -0.1) is 0 Å². The van der Waals surface area contributed by atoms with E-state index < -0.39 is 11.8 Å². The highest BCUT2D eigenvalue weighted by Gasteiger charge is 2.30. The maximum absolute atomic E-state index is 14.1. The molecule has 1 aromatic heterocycles. The number of rotatable bonds is 3. The van der Waals surface area contributed by atoms with Crippen molar-refractivity contribution in [1.29, 1.82) is 0 Å². The lowest BCUT2D eigenvalue weighted by Gasteiger charge is -2.11. The molecule has 0 bridgehead atoms. The molecule has 0 amide bonds. The topological polar surface area (TPSA) is 42.2 Å². The molecule has 1 heterocycles. The first-order chi connectivity index (χ1) is 9.09. The summed E-state index contributed by atoms with van der Waals surface area (Å²) >= 11 is 5.78. The van der Waals surface area contributed by atoms with Crippen LogP contribution in [-0.2, 0) is 0 Å². The second kappa shape index (κ2) is 4.38. The molecule has 1 aliphatic carbocycles. The van der Waals surface area contributed by atoms with Gasteiger partial charge in [0.15, 0.2) is 5.82 Å². The smallest absolute Gasteiger partial charge is 0.352 e. The van der Waals surface area contributed by atoms with Gasteiger partial charge < -0.3 is 9.67 Å². The fourth-order valence-corrected chi connectivity index (χ4v) is 2.44. The van der Waals surface area contributed by atoms with Gasteiger partial charge in [0.1, 0.15) is 5.69 Å². The van der Waals surface area contributed by atoms with Crippen LogP contribution in [0.15, 0.2) is 30.3 Å². The van der Waals surface area contributed by atoms with Crippen molar-refractivity contribution in [1.82, 2.24) is 4.57 Å². The van der Waals surface area contributed by atoms with Crippen molar-refractivity contribution in [2.75, 3.05) is 0 Å². The van der Waals surface area contributed by atoms with E-state index in [-0.39, 0.29) is 16.8 Å². The summed E-state index contributed by atoms with van der Waals surface area (Å²) in [6, 6.07) is 8.04. The molecule has 0 radical (unpaired) electrons. The molecular formula is C14H11ClFNO2. The predicted molar refractivity (Wildman–Crippen MR) is 70.1 cm³/mol. The second-order valence-electron chi connectivity index (χ2n) is 4.61. The number of halogens is 2. The van der Waals surface area contributed by atoms with Gasteiger partial charge in [-0.05, 0) is 37.1 Å². The van der Waals surface area contributed by atoms with Gasteiger partial charge in [-0.1, -0.05) is 17.7 Å². The Bertz CT molecular complexity index is 661. The summed E-state index contributed by atoms with van der Waals surface area (Å²) in [5, 5.41) is 9.23. The van der Waals surface area contributed by atoms with Gasteiger partial charge in [0.2, 0.25) is 0 Å². The fraction of sp³-hybridized carbons (Fsp3) is 0.214. The Morgan fingerprint density at radius 1 is 1.32 bits per heavy atom. The van der Waals surface area contributed by atoms with Crippen LogP contribution >= 0.6 is 11.6 Å². The van der Waals surface area contributed by atoms with Crippen molar-refractivity contribution >= 4 is 17.6 Å². The van der Waals surface area contributed by atoms with E-state index >= 15 is 0 Å². The zero-order chi connectivity index (χ0) is 13.6. The van der Waals surface area contributed by atoms with Crippen LogP contribution in [0.2, 0.25) is 5.02 Å². The fourth-order valence-electron chi connectivity index (χ4n) is 2.27. The van der Waals surface area contributed by atoms with Crippen molar-refractivity contribution in [2.45, 2.75) is 18.9 Å². The highest BCUT2D eigenvalue weighted by atomic mass is 35.5. The third kappa shape index (κ3) is 2.02. The molecule has 19 heavy (non-hydrogen) atoms. The Morgan fingerprint density at radius 3 is 2.68 bits per heavy atom. The first-order valence-electron chi connectivity index (χ1n) is 5.98. The maximum Gasteiger partial charge on any atom is 0.352 e. The normalized spacial score (nSPS) is 14.6. The highest BCUT2D eigenvalue weighted by molar-refractivity contribution is 6.31. The van der Waals surface area contributed by atoms with Crippen molar-refractivity contribution in [2.24, 2.45) is 0 Å². The molecule has 0 unspecified atom stereocenters. The zero-order valence-electron chi connectivity index (χ0n) is 9.94. The number of nitrogens with zero attached hydrogens (tertiary/aromatic N) is 1. The standard InChI is InChI=1S/C14H11ClFNO2/c15-10-3-1-2-9(13(10)16)11-6-7-12(14(18)19)17(11)8-4-5-8/h1-3,6-8H,4-5H2,(H,18,19). The molecule has 1 N–H and O–H groups in total. The number of hydrogen-bond donors (Lipinski definition) is 1. The van der Waals surface area contributed by atoms with E-state index in [0.717, 1.165) is 12.8 Å². The first-order valence-corrected chi connectivity index (χ1v) is 6.36. The maximum atomic E-state index is 14.1. The lowest BCUT2D eigenvalue weighted by molar-refractivity contribution is 0.0685. The average Bonchev–Trinajstić information content (AvgIpc) is 3.11. The number of aromatic carboxylic acids is 1. The lowest BCUT2D eigenvalue weighted by atomic mass is 10.1. The molecule has 3 rings (SSSR count). The molecule has 98 valence electrons. The monoisotopic (exact) mass is 279 g/mol. The van der Waals surface area contributed by atoms with E-state index in [1.165, 1.54) is 12.1 Å². The molecule has 1 aromatic carbocycles. The van der Waals surface area contributed by atoms with E-state index in [2.05, 4.69) is 0 Å². The quantitative estimate of drug-likeness (QED) is 0.923. The highest BCUT2D eigenvalue weighted by Crippen LogP contribution is 2.41. The van der Waals surface area contributed by atoms with E-state index in [0.29, 0.717) is 11.3 Å². The number of benzene rings is 1. The molecule has 1 aliphatic rings. The second-order valence-corrected chi connectivity index (χ2v) is 5.02. The largest absolute Gasteiger partial charge is 0.477 e. The van der Waals surface area contributed by atoms with Crippen LogP contribution in [0.3, 0.4) is 0 Å². The Morgan fingerprint density at radius 2 is 2.05 bits per heavy atom. The summed E-state index contributed by atoms with van der Waals surface area (Å²) in [5.74, 6) is -1.51. The van der Waals surface area contributed by atoms with Crippen LogP contribution in [0.5, 0.6) is 0 Å². The Hall–Kier alpha value is -1.81. The SMILES string of the molecule is O=C(O)c1ccc(-c2cccc(Cl)c2F)n1C1CC1. The minimum Gasteiger partial charge on any atom is -0.477 e. The van der Waals surface area contributed by atoms with Crippen LogP contribution in [0.4, 0.5) is 4.39 Å². The van der Waals surface area contributed by atoms with Crippen molar-refractivity contribution in [3.63, 3.8) is 0 Å². The van der Waals surface area contributed by atoms with E-state index in [9.17, 15) is 14.3 Å².